The summed E-state index contributed by atoms with van der Waals surface area (Å²) in [5, 5.41) is 0.686. The van der Waals surface area contributed by atoms with Crippen molar-refractivity contribution in [3.05, 3.63) is 82.5 Å². The van der Waals surface area contributed by atoms with Crippen LogP contribution in [0, 0.1) is 23.7 Å². The van der Waals surface area contributed by atoms with Gasteiger partial charge in [-0.2, -0.15) is 0 Å². The molecule has 0 unspecified atom stereocenters. The number of carbonyl (C=O) groups is 1. The highest BCUT2D eigenvalue weighted by Crippen LogP contribution is 2.42. The largest absolute Gasteiger partial charge is 0.497 e. The van der Waals surface area contributed by atoms with Crippen LogP contribution in [0.1, 0.15) is 32.7 Å². The summed E-state index contributed by atoms with van der Waals surface area (Å²) < 4.78 is 28.8. The summed E-state index contributed by atoms with van der Waals surface area (Å²) in [6.07, 6.45) is 0. The molecule has 0 fully saturated rings. The van der Waals surface area contributed by atoms with Gasteiger partial charge in [0.25, 0.3) is 0 Å². The maximum absolute atomic E-state index is 12.6. The third-order valence-corrected chi connectivity index (χ3v) is 6.05. The van der Waals surface area contributed by atoms with Crippen molar-refractivity contribution >= 4 is 16.9 Å². The Morgan fingerprint density at radius 2 is 1.13 bits per heavy atom. The lowest BCUT2D eigenvalue weighted by molar-refractivity contribution is 0.0590. The van der Waals surface area contributed by atoms with Crippen LogP contribution in [0.5, 0.6) is 23.0 Å². The molecule has 1 heterocycles. The van der Waals surface area contributed by atoms with Crippen molar-refractivity contribution in [3.8, 4) is 46.7 Å². The number of aryl methyl sites for hydroxylation is 1. The van der Waals surface area contributed by atoms with Crippen molar-refractivity contribution in [2.24, 2.45) is 7.05 Å². The monoisotopic (exact) mass is 509 g/mol. The van der Waals surface area contributed by atoms with E-state index in [1.54, 1.807) is 46.1 Å². The van der Waals surface area contributed by atoms with E-state index in [2.05, 4.69) is 23.7 Å². The van der Waals surface area contributed by atoms with Crippen LogP contribution in [-0.4, -0.2) is 46.1 Å². The first-order chi connectivity index (χ1) is 18.4. The van der Waals surface area contributed by atoms with Crippen LogP contribution in [0.3, 0.4) is 0 Å². The van der Waals surface area contributed by atoms with Crippen molar-refractivity contribution in [1.29, 1.82) is 0 Å². The van der Waals surface area contributed by atoms with Crippen LogP contribution >= 0.6 is 0 Å². The SMILES string of the molecule is COC(=O)c1cc2c(C#Cc3ccc(OC)cc3)c(OC)c(OC)c(C#Cc3ccc(OC)cc3)c2n1C. The Morgan fingerprint density at radius 3 is 1.58 bits per heavy atom. The van der Waals surface area contributed by atoms with Gasteiger partial charge in [0.05, 0.1) is 52.2 Å². The number of methoxy groups -OCH3 is 5. The second kappa shape index (κ2) is 11.4. The zero-order valence-corrected chi connectivity index (χ0v) is 22.1. The van der Waals surface area contributed by atoms with Crippen molar-refractivity contribution < 1.29 is 28.5 Å². The molecule has 7 nitrogen and oxygen atoms in total. The molecule has 0 N–H and O–H groups in total. The van der Waals surface area contributed by atoms with Crippen LogP contribution in [0.2, 0.25) is 0 Å². The van der Waals surface area contributed by atoms with Crippen LogP contribution in [0.15, 0.2) is 54.6 Å². The summed E-state index contributed by atoms with van der Waals surface area (Å²) in [5.74, 6) is 14.6. The summed E-state index contributed by atoms with van der Waals surface area (Å²) in [7, 11) is 9.44. The third-order valence-electron chi connectivity index (χ3n) is 6.05. The molecule has 0 aliphatic carbocycles. The van der Waals surface area contributed by atoms with E-state index < -0.39 is 5.97 Å². The summed E-state index contributed by atoms with van der Waals surface area (Å²) in [5.41, 5.74) is 3.71. The van der Waals surface area contributed by atoms with Crippen LogP contribution in [-0.2, 0) is 11.8 Å². The molecule has 4 rings (SSSR count). The minimum Gasteiger partial charge on any atom is -0.497 e. The maximum Gasteiger partial charge on any atom is 0.354 e. The molecule has 38 heavy (non-hydrogen) atoms. The Labute approximate surface area is 221 Å². The number of fused-ring (bicyclic) bond motifs is 1. The predicted octanol–water partition coefficient (Wildman–Crippen LogP) is 4.80. The minimum atomic E-state index is -0.482. The predicted molar refractivity (Wildman–Crippen MR) is 145 cm³/mol. The number of esters is 1. The number of ether oxygens (including phenoxy) is 5. The van der Waals surface area contributed by atoms with E-state index in [1.807, 2.05) is 48.5 Å². The Morgan fingerprint density at radius 1 is 0.658 bits per heavy atom. The molecule has 0 radical (unpaired) electrons. The standard InChI is InChI=1S/C31H27NO6/c1-32-27(31(33)38-6)19-26-24(17-11-20-7-13-22(34-2)14-8-20)29(36-4)30(37-5)25(28(26)32)18-12-21-9-15-23(35-3)16-10-21/h7-10,13-16,19H,1-6H3. The Balaban J connectivity index is 2.00. The van der Waals surface area contributed by atoms with Crippen molar-refractivity contribution in [3.63, 3.8) is 0 Å². The highest BCUT2D eigenvalue weighted by Gasteiger charge is 2.25. The van der Waals surface area contributed by atoms with Crippen molar-refractivity contribution in [2.45, 2.75) is 0 Å². The molecule has 7 heteroatoms. The number of aromatic nitrogens is 1. The van der Waals surface area contributed by atoms with Crippen LogP contribution in [0.4, 0.5) is 0 Å². The molecular weight excluding hydrogens is 482 g/mol. The van der Waals surface area contributed by atoms with Gasteiger partial charge in [-0.15, -0.1) is 0 Å². The molecule has 1 aromatic heterocycles. The fraction of sp³-hybridized carbons (Fsp3) is 0.194. The van der Waals surface area contributed by atoms with Gasteiger partial charge in [-0.25, -0.2) is 4.79 Å². The van der Waals surface area contributed by atoms with Gasteiger partial charge in [-0.05, 0) is 54.6 Å². The molecule has 0 amide bonds. The molecule has 0 atom stereocenters. The Kier molecular flexibility index (Phi) is 7.80. The first-order valence-corrected chi connectivity index (χ1v) is 11.6. The molecular formula is C31H27NO6. The van der Waals surface area contributed by atoms with E-state index in [0.717, 1.165) is 22.6 Å². The van der Waals surface area contributed by atoms with E-state index in [9.17, 15) is 4.79 Å². The van der Waals surface area contributed by atoms with Gasteiger partial charge < -0.3 is 28.3 Å². The van der Waals surface area contributed by atoms with E-state index in [0.29, 0.717) is 39.2 Å². The van der Waals surface area contributed by atoms with Gasteiger partial charge in [0.1, 0.15) is 17.2 Å². The first kappa shape index (κ1) is 26.1. The lowest BCUT2D eigenvalue weighted by Crippen LogP contribution is -2.07. The van der Waals surface area contributed by atoms with Gasteiger partial charge in [-0.3, -0.25) is 0 Å². The second-order valence-corrected chi connectivity index (χ2v) is 8.12. The van der Waals surface area contributed by atoms with Crippen LogP contribution < -0.4 is 18.9 Å². The fourth-order valence-electron chi connectivity index (χ4n) is 4.10. The van der Waals surface area contributed by atoms with E-state index in [-0.39, 0.29) is 0 Å². The molecule has 3 aromatic carbocycles. The lowest BCUT2D eigenvalue weighted by atomic mass is 10.0. The molecule has 4 aromatic rings. The van der Waals surface area contributed by atoms with Gasteiger partial charge in [0.2, 0.25) is 0 Å². The average molecular weight is 510 g/mol. The lowest BCUT2D eigenvalue weighted by Gasteiger charge is -2.15. The summed E-state index contributed by atoms with van der Waals surface area (Å²) >= 11 is 0. The topological polar surface area (TPSA) is 68.2 Å². The summed E-state index contributed by atoms with van der Waals surface area (Å²) in [6.45, 7) is 0. The Hall–Kier alpha value is -5.01. The number of carbonyl (C=O) groups excluding carboxylic acids is 1. The third kappa shape index (κ3) is 4.96. The van der Waals surface area contributed by atoms with Gasteiger partial charge in [0, 0.05) is 23.6 Å². The van der Waals surface area contributed by atoms with E-state index in [4.69, 9.17) is 23.7 Å². The number of nitrogens with zero attached hydrogens (tertiary/aromatic N) is 1. The maximum atomic E-state index is 12.6. The molecule has 0 saturated carbocycles. The van der Waals surface area contributed by atoms with Crippen molar-refractivity contribution in [1.82, 2.24) is 4.57 Å². The highest BCUT2D eigenvalue weighted by atomic mass is 16.5. The quantitative estimate of drug-likeness (QED) is 0.285. The molecule has 0 bridgehead atoms. The normalized spacial score (nSPS) is 10.1. The van der Waals surface area contributed by atoms with Gasteiger partial charge in [0.15, 0.2) is 11.5 Å². The zero-order valence-electron chi connectivity index (χ0n) is 22.1. The molecule has 0 spiro atoms. The van der Waals surface area contributed by atoms with Gasteiger partial charge in [-0.1, -0.05) is 23.7 Å². The van der Waals surface area contributed by atoms with Gasteiger partial charge >= 0.3 is 5.97 Å². The smallest absolute Gasteiger partial charge is 0.354 e. The number of rotatable bonds is 5. The average Bonchev–Trinajstić information content (AvgIpc) is 3.31. The molecule has 192 valence electrons. The number of benzene rings is 3. The second-order valence-electron chi connectivity index (χ2n) is 8.12. The summed E-state index contributed by atoms with van der Waals surface area (Å²) in [4.78, 5) is 12.6. The Bertz CT molecular complexity index is 1610. The highest BCUT2D eigenvalue weighted by molar-refractivity contribution is 6.02. The fourth-order valence-corrected chi connectivity index (χ4v) is 4.10. The molecule has 0 saturated heterocycles. The number of hydrogen-bond donors (Lipinski definition) is 0. The van der Waals surface area contributed by atoms with Crippen LogP contribution in [0.25, 0.3) is 10.9 Å². The summed E-state index contributed by atoms with van der Waals surface area (Å²) in [6, 6.07) is 16.6. The first-order valence-electron chi connectivity index (χ1n) is 11.6. The van der Waals surface area contributed by atoms with E-state index in [1.165, 1.54) is 7.11 Å². The van der Waals surface area contributed by atoms with E-state index >= 15 is 0 Å². The minimum absolute atomic E-state index is 0.345. The molecule has 0 aliphatic heterocycles. The molecule has 0 aliphatic rings. The zero-order chi connectivity index (χ0) is 27.2. The number of hydrogen-bond acceptors (Lipinski definition) is 6. The van der Waals surface area contributed by atoms with Crippen molar-refractivity contribution in [2.75, 3.05) is 35.5 Å².